The molecule has 4 heteroatoms. The Bertz CT molecular complexity index is 1160. The highest BCUT2D eigenvalue weighted by Crippen LogP contribution is 2.35. The molecule has 4 rings (SSSR count). The first-order valence-electron chi connectivity index (χ1n) is 13.6. The van der Waals surface area contributed by atoms with Crippen LogP contribution in [0, 0.1) is 44.4 Å². The molecule has 1 aliphatic rings. The van der Waals surface area contributed by atoms with E-state index in [1.807, 2.05) is 62.3 Å². The average molecular weight is 488 g/mol. The number of aryl methyl sites for hydroxylation is 2. The zero-order valence-corrected chi connectivity index (χ0v) is 23.6. The minimum absolute atomic E-state index is 0.125. The van der Waals surface area contributed by atoms with Crippen molar-refractivity contribution in [3.05, 3.63) is 65.0 Å². The molecule has 1 aromatic heterocycles. The van der Waals surface area contributed by atoms with Crippen LogP contribution < -0.4 is 4.90 Å². The number of benzene rings is 2. The Morgan fingerprint density at radius 1 is 0.944 bits per heavy atom. The summed E-state index contributed by atoms with van der Waals surface area (Å²) in [7, 11) is 3.99. The summed E-state index contributed by atoms with van der Waals surface area (Å²) < 4.78 is 0. The number of nitrogens with zero attached hydrogens (tertiary/aromatic N) is 3. The van der Waals surface area contributed by atoms with Crippen LogP contribution >= 0.6 is 0 Å². The number of aromatic nitrogens is 2. The lowest BCUT2D eigenvalue weighted by Gasteiger charge is -2.30. The molecule has 1 aliphatic carbocycles. The monoisotopic (exact) mass is 487 g/mol. The van der Waals surface area contributed by atoms with Gasteiger partial charge >= 0.3 is 0 Å². The molecule has 4 nitrogen and oxygen atoms in total. The fraction of sp³-hybridized carbons (Fsp3) is 0.531. The van der Waals surface area contributed by atoms with E-state index in [9.17, 15) is 4.79 Å². The Morgan fingerprint density at radius 3 is 2.28 bits per heavy atom. The van der Waals surface area contributed by atoms with Crippen LogP contribution in [0.15, 0.2) is 42.5 Å². The summed E-state index contributed by atoms with van der Waals surface area (Å²) in [5.74, 6) is 4.46. The van der Waals surface area contributed by atoms with Gasteiger partial charge < -0.3 is 4.90 Å². The van der Waals surface area contributed by atoms with Gasteiger partial charge in [0.15, 0.2) is 5.78 Å². The molecule has 0 bridgehead atoms. The van der Waals surface area contributed by atoms with Crippen molar-refractivity contribution in [2.45, 2.75) is 73.6 Å². The van der Waals surface area contributed by atoms with Crippen LogP contribution in [0.4, 0.5) is 5.82 Å². The SMILES string of the molecule is Cc1cccc(C(=O)C(C)C(C)CC2CCC(C)CC2)c1C.Cc1nc(N(C)C)c2ccccc2n1. The Kier molecular flexibility index (Phi) is 9.64. The molecular formula is C32H45N3O. The van der Waals surface area contributed by atoms with Gasteiger partial charge in [0.1, 0.15) is 11.6 Å². The number of carbonyl (C=O) groups excluding carboxylic acids is 1. The molecule has 0 N–H and O–H groups in total. The average Bonchev–Trinajstić information content (AvgIpc) is 2.86. The molecule has 3 aromatic rings. The van der Waals surface area contributed by atoms with E-state index in [0.29, 0.717) is 11.7 Å². The highest BCUT2D eigenvalue weighted by atomic mass is 16.1. The topological polar surface area (TPSA) is 46.1 Å². The number of para-hydroxylation sites is 1. The van der Waals surface area contributed by atoms with E-state index < -0.39 is 0 Å². The summed E-state index contributed by atoms with van der Waals surface area (Å²) in [6.45, 7) is 12.8. The lowest BCUT2D eigenvalue weighted by Crippen LogP contribution is -2.24. The van der Waals surface area contributed by atoms with Crippen LogP contribution in [0.5, 0.6) is 0 Å². The van der Waals surface area contributed by atoms with E-state index in [4.69, 9.17) is 0 Å². The van der Waals surface area contributed by atoms with Gasteiger partial charge in [0.05, 0.1) is 5.52 Å². The van der Waals surface area contributed by atoms with Crippen LogP contribution in [-0.4, -0.2) is 29.8 Å². The number of ketones is 1. The van der Waals surface area contributed by atoms with Crippen molar-refractivity contribution >= 4 is 22.5 Å². The maximum atomic E-state index is 12.9. The number of anilines is 1. The van der Waals surface area contributed by atoms with Crippen molar-refractivity contribution < 1.29 is 4.79 Å². The van der Waals surface area contributed by atoms with Crippen LogP contribution in [0.3, 0.4) is 0 Å². The van der Waals surface area contributed by atoms with E-state index >= 15 is 0 Å². The maximum absolute atomic E-state index is 12.9. The fourth-order valence-corrected chi connectivity index (χ4v) is 5.33. The van der Waals surface area contributed by atoms with E-state index in [1.54, 1.807) is 0 Å². The first-order chi connectivity index (χ1) is 17.1. The molecule has 1 fully saturated rings. The van der Waals surface area contributed by atoms with Crippen LogP contribution in [-0.2, 0) is 0 Å². The van der Waals surface area contributed by atoms with Crippen molar-refractivity contribution in [1.82, 2.24) is 9.97 Å². The molecule has 36 heavy (non-hydrogen) atoms. The first-order valence-corrected chi connectivity index (χ1v) is 13.6. The lowest BCUT2D eigenvalue weighted by molar-refractivity contribution is 0.0873. The highest BCUT2D eigenvalue weighted by Gasteiger charge is 2.27. The molecule has 2 atom stereocenters. The summed E-state index contributed by atoms with van der Waals surface area (Å²) in [5.41, 5.74) is 4.30. The van der Waals surface area contributed by atoms with Gasteiger partial charge in [-0.25, -0.2) is 9.97 Å². The molecule has 0 amide bonds. The maximum Gasteiger partial charge on any atom is 0.166 e. The van der Waals surface area contributed by atoms with Crippen LogP contribution in [0.2, 0.25) is 0 Å². The number of hydrogen-bond acceptors (Lipinski definition) is 4. The summed E-state index contributed by atoms with van der Waals surface area (Å²) in [4.78, 5) is 23.7. The Balaban J connectivity index is 0.000000221. The van der Waals surface area contributed by atoms with Gasteiger partial charge in [-0.1, -0.05) is 76.8 Å². The van der Waals surface area contributed by atoms with Gasteiger partial charge in [-0.3, -0.25) is 4.79 Å². The molecule has 0 aliphatic heterocycles. The molecule has 2 aromatic carbocycles. The third kappa shape index (κ3) is 6.93. The summed E-state index contributed by atoms with van der Waals surface area (Å²) >= 11 is 0. The van der Waals surface area contributed by atoms with Crippen molar-refractivity contribution in [2.75, 3.05) is 19.0 Å². The molecule has 1 heterocycles. The van der Waals surface area contributed by atoms with Gasteiger partial charge in [0.2, 0.25) is 0 Å². The van der Waals surface area contributed by atoms with E-state index in [1.165, 1.54) is 37.7 Å². The summed E-state index contributed by atoms with van der Waals surface area (Å²) in [6, 6.07) is 14.2. The van der Waals surface area contributed by atoms with Crippen molar-refractivity contribution in [3.8, 4) is 0 Å². The van der Waals surface area contributed by atoms with Crippen molar-refractivity contribution in [2.24, 2.45) is 23.7 Å². The number of hydrogen-bond donors (Lipinski definition) is 0. The number of fused-ring (bicyclic) bond motifs is 1. The number of Topliss-reactive ketones (excluding diaryl/α,β-unsaturated/α-hetero) is 1. The third-order valence-electron chi connectivity index (χ3n) is 8.10. The molecule has 1 saturated carbocycles. The third-order valence-corrected chi connectivity index (χ3v) is 8.10. The molecule has 0 spiro atoms. The van der Waals surface area contributed by atoms with Gasteiger partial charge in [0, 0.05) is 31.0 Å². The van der Waals surface area contributed by atoms with Crippen molar-refractivity contribution in [3.63, 3.8) is 0 Å². The molecule has 0 radical (unpaired) electrons. The molecule has 0 saturated heterocycles. The fourth-order valence-electron chi connectivity index (χ4n) is 5.33. The minimum Gasteiger partial charge on any atom is -0.362 e. The lowest BCUT2D eigenvalue weighted by atomic mass is 9.75. The van der Waals surface area contributed by atoms with E-state index in [-0.39, 0.29) is 5.92 Å². The molecular weight excluding hydrogens is 442 g/mol. The first kappa shape index (κ1) is 27.8. The van der Waals surface area contributed by atoms with Crippen molar-refractivity contribution in [1.29, 1.82) is 0 Å². The molecule has 2 unspecified atom stereocenters. The second-order valence-corrected chi connectivity index (χ2v) is 11.2. The summed E-state index contributed by atoms with van der Waals surface area (Å²) in [5, 5.41) is 1.10. The van der Waals surface area contributed by atoms with Gasteiger partial charge in [-0.15, -0.1) is 0 Å². The zero-order chi connectivity index (χ0) is 26.4. The van der Waals surface area contributed by atoms with Gasteiger partial charge in [-0.05, 0) is 68.2 Å². The second-order valence-electron chi connectivity index (χ2n) is 11.2. The zero-order valence-electron chi connectivity index (χ0n) is 23.6. The van der Waals surface area contributed by atoms with Crippen LogP contribution in [0.25, 0.3) is 10.9 Å². The van der Waals surface area contributed by atoms with E-state index in [2.05, 4.69) is 50.7 Å². The summed E-state index contributed by atoms with van der Waals surface area (Å²) in [6.07, 6.45) is 6.67. The largest absolute Gasteiger partial charge is 0.362 e. The smallest absolute Gasteiger partial charge is 0.166 e. The number of rotatable bonds is 6. The van der Waals surface area contributed by atoms with Gasteiger partial charge in [0.25, 0.3) is 0 Å². The Hall–Kier alpha value is -2.75. The Labute approximate surface area is 218 Å². The normalized spacial score (nSPS) is 19.2. The van der Waals surface area contributed by atoms with Crippen LogP contribution in [0.1, 0.15) is 80.2 Å². The van der Waals surface area contributed by atoms with Gasteiger partial charge in [-0.2, -0.15) is 0 Å². The van der Waals surface area contributed by atoms with E-state index in [0.717, 1.165) is 45.5 Å². The number of carbonyl (C=O) groups is 1. The minimum atomic E-state index is 0.125. The predicted octanol–water partition coefficient (Wildman–Crippen LogP) is 7.98. The highest BCUT2D eigenvalue weighted by molar-refractivity contribution is 5.99. The predicted molar refractivity (Wildman–Crippen MR) is 153 cm³/mol. The Morgan fingerprint density at radius 2 is 1.61 bits per heavy atom. The quantitative estimate of drug-likeness (QED) is 0.331. The molecule has 194 valence electrons. The second kappa shape index (κ2) is 12.5. The standard InChI is InChI=1S/C21H32O.C11H13N3/c1-14-9-11-19(12-10-14)13-16(3)18(5)21(22)20-8-6-7-15(2)17(20)4;1-8-12-10-7-5-4-6-9(10)11(13-8)14(2)3/h6-8,14,16,18-19H,9-13H2,1-5H3;4-7H,1-3H3.